The van der Waals surface area contributed by atoms with Crippen LogP contribution in [-0.4, -0.2) is 41.1 Å². The molecule has 1 aliphatic rings. The molecular weight excluding hydrogens is 256 g/mol. The monoisotopic (exact) mass is 284 g/mol. The van der Waals surface area contributed by atoms with Crippen molar-refractivity contribution in [1.29, 1.82) is 0 Å². The zero-order valence-corrected chi connectivity index (χ0v) is 13.1. The van der Waals surface area contributed by atoms with E-state index in [1.807, 2.05) is 6.92 Å². The summed E-state index contributed by atoms with van der Waals surface area (Å²) >= 11 is 0. The Morgan fingerprint density at radius 2 is 1.95 bits per heavy atom. The molecule has 1 saturated heterocycles. The van der Waals surface area contributed by atoms with E-state index in [4.69, 9.17) is 0 Å². The highest BCUT2D eigenvalue weighted by atomic mass is 16.4. The molecule has 0 spiro atoms. The van der Waals surface area contributed by atoms with Crippen molar-refractivity contribution in [3.63, 3.8) is 0 Å². The first-order chi connectivity index (χ1) is 9.34. The van der Waals surface area contributed by atoms with Gasteiger partial charge in [0.05, 0.1) is 5.41 Å². The van der Waals surface area contributed by atoms with Gasteiger partial charge in [-0.05, 0) is 32.6 Å². The van der Waals surface area contributed by atoms with Gasteiger partial charge in [-0.15, -0.1) is 0 Å². The van der Waals surface area contributed by atoms with Gasteiger partial charge in [-0.25, -0.2) is 4.79 Å². The summed E-state index contributed by atoms with van der Waals surface area (Å²) < 4.78 is 0. The molecule has 116 valence electrons. The third-order valence-electron chi connectivity index (χ3n) is 4.61. The van der Waals surface area contributed by atoms with Gasteiger partial charge >= 0.3 is 12.0 Å². The number of nitrogens with one attached hydrogen (secondary N) is 1. The van der Waals surface area contributed by atoms with Crippen molar-refractivity contribution in [1.82, 2.24) is 10.2 Å². The topological polar surface area (TPSA) is 69.6 Å². The van der Waals surface area contributed by atoms with E-state index >= 15 is 0 Å². The zero-order chi connectivity index (χ0) is 15.3. The minimum absolute atomic E-state index is 0.121. The number of carbonyl (C=O) groups is 2. The number of carboxylic acids is 1. The predicted octanol–water partition coefficient (Wildman–Crippen LogP) is 2.71. The maximum absolute atomic E-state index is 12.3. The van der Waals surface area contributed by atoms with Crippen molar-refractivity contribution >= 4 is 12.0 Å². The molecule has 1 fully saturated rings. The second-order valence-electron chi connectivity index (χ2n) is 6.21. The van der Waals surface area contributed by atoms with Crippen LogP contribution in [0, 0.1) is 11.3 Å². The largest absolute Gasteiger partial charge is 0.481 e. The summed E-state index contributed by atoms with van der Waals surface area (Å²) in [7, 11) is 0. The molecule has 0 radical (unpaired) electrons. The van der Waals surface area contributed by atoms with Gasteiger partial charge in [0.1, 0.15) is 0 Å². The first kappa shape index (κ1) is 16.8. The highest BCUT2D eigenvalue weighted by Gasteiger charge is 2.39. The quantitative estimate of drug-likeness (QED) is 0.815. The minimum atomic E-state index is -0.817. The smallest absolute Gasteiger partial charge is 0.317 e. The molecule has 2 atom stereocenters. The van der Waals surface area contributed by atoms with Gasteiger partial charge in [-0.3, -0.25) is 4.79 Å². The summed E-state index contributed by atoms with van der Waals surface area (Å²) in [6.07, 6.45) is 3.44. The van der Waals surface area contributed by atoms with Crippen LogP contribution >= 0.6 is 0 Å². The van der Waals surface area contributed by atoms with E-state index in [1.165, 1.54) is 0 Å². The van der Waals surface area contributed by atoms with Crippen molar-refractivity contribution < 1.29 is 14.7 Å². The number of rotatable bonds is 5. The van der Waals surface area contributed by atoms with Crippen LogP contribution in [0.2, 0.25) is 0 Å². The van der Waals surface area contributed by atoms with E-state index in [2.05, 4.69) is 19.2 Å². The van der Waals surface area contributed by atoms with Crippen LogP contribution in [0.25, 0.3) is 0 Å². The van der Waals surface area contributed by atoms with Crippen LogP contribution in [0.3, 0.4) is 0 Å². The summed E-state index contributed by atoms with van der Waals surface area (Å²) in [5.74, 6) is -0.349. The SMILES string of the molecule is CCC(CC)C(C)NC(=O)N1CCCC(C)(C(=O)O)C1. The van der Waals surface area contributed by atoms with Gasteiger partial charge in [0.2, 0.25) is 0 Å². The number of carbonyl (C=O) groups excluding carboxylic acids is 1. The summed E-state index contributed by atoms with van der Waals surface area (Å²) in [4.78, 5) is 25.2. The molecule has 5 nitrogen and oxygen atoms in total. The van der Waals surface area contributed by atoms with Crippen molar-refractivity contribution in [3.8, 4) is 0 Å². The standard InChI is InChI=1S/C15H28N2O3/c1-5-12(6-2)11(3)16-14(20)17-9-7-8-15(4,10-17)13(18)19/h11-12H,5-10H2,1-4H3,(H,16,20)(H,18,19). The molecule has 0 aromatic carbocycles. The molecule has 20 heavy (non-hydrogen) atoms. The van der Waals surface area contributed by atoms with E-state index < -0.39 is 11.4 Å². The van der Waals surface area contributed by atoms with E-state index in [1.54, 1.807) is 11.8 Å². The highest BCUT2D eigenvalue weighted by molar-refractivity contribution is 5.78. The van der Waals surface area contributed by atoms with Gasteiger partial charge < -0.3 is 15.3 Å². The normalized spacial score (nSPS) is 24.6. The number of hydrogen-bond acceptors (Lipinski definition) is 2. The molecule has 2 amide bonds. The first-order valence-electron chi connectivity index (χ1n) is 7.63. The number of amides is 2. The third-order valence-corrected chi connectivity index (χ3v) is 4.61. The Labute approximate surface area is 121 Å². The van der Waals surface area contributed by atoms with Crippen LogP contribution in [0.4, 0.5) is 4.79 Å². The Kier molecular flexibility index (Phi) is 5.84. The molecule has 0 bridgehead atoms. The summed E-state index contributed by atoms with van der Waals surface area (Å²) in [5, 5.41) is 12.3. The van der Waals surface area contributed by atoms with Crippen LogP contribution in [0.15, 0.2) is 0 Å². The number of piperidine rings is 1. The van der Waals surface area contributed by atoms with Crippen LogP contribution < -0.4 is 5.32 Å². The first-order valence-corrected chi connectivity index (χ1v) is 7.63. The second-order valence-corrected chi connectivity index (χ2v) is 6.21. The molecule has 1 aliphatic heterocycles. The van der Waals surface area contributed by atoms with Crippen molar-refractivity contribution in [2.75, 3.05) is 13.1 Å². The highest BCUT2D eigenvalue weighted by Crippen LogP contribution is 2.29. The molecule has 2 unspecified atom stereocenters. The lowest BCUT2D eigenvalue weighted by atomic mass is 9.82. The van der Waals surface area contributed by atoms with Crippen molar-refractivity contribution in [2.24, 2.45) is 11.3 Å². The summed E-state index contributed by atoms with van der Waals surface area (Å²) in [6, 6.07) is -0.00733. The Hall–Kier alpha value is -1.26. The van der Waals surface area contributed by atoms with Gasteiger partial charge in [-0.2, -0.15) is 0 Å². The molecule has 2 N–H and O–H groups in total. The average Bonchev–Trinajstić information content (AvgIpc) is 2.40. The summed E-state index contributed by atoms with van der Waals surface area (Å²) in [6.45, 7) is 8.93. The number of nitrogens with zero attached hydrogens (tertiary/aromatic N) is 1. The lowest BCUT2D eigenvalue weighted by Gasteiger charge is -2.38. The number of likely N-dealkylation sites (tertiary alicyclic amines) is 1. The molecule has 0 aliphatic carbocycles. The van der Waals surface area contributed by atoms with Gasteiger partial charge in [0.25, 0.3) is 0 Å². The van der Waals surface area contributed by atoms with Crippen LogP contribution in [-0.2, 0) is 4.79 Å². The number of carboxylic acid groups (broad SMARTS) is 1. The molecule has 1 rings (SSSR count). The fourth-order valence-electron chi connectivity index (χ4n) is 2.99. The van der Waals surface area contributed by atoms with Gasteiger partial charge in [0, 0.05) is 19.1 Å². The van der Waals surface area contributed by atoms with E-state index in [9.17, 15) is 14.7 Å². The van der Waals surface area contributed by atoms with E-state index in [0.717, 1.165) is 19.3 Å². The molecule has 1 heterocycles. The average molecular weight is 284 g/mol. The number of hydrogen-bond donors (Lipinski definition) is 2. The minimum Gasteiger partial charge on any atom is -0.481 e. The Bertz CT molecular complexity index is 355. The molecular formula is C15H28N2O3. The van der Waals surface area contributed by atoms with Crippen molar-refractivity contribution in [3.05, 3.63) is 0 Å². The van der Waals surface area contributed by atoms with Crippen LogP contribution in [0.1, 0.15) is 53.4 Å². The molecule has 5 heteroatoms. The second kappa shape index (κ2) is 6.95. The van der Waals surface area contributed by atoms with E-state index in [0.29, 0.717) is 25.4 Å². The summed E-state index contributed by atoms with van der Waals surface area (Å²) in [5.41, 5.74) is -0.812. The lowest BCUT2D eigenvalue weighted by molar-refractivity contribution is -0.150. The molecule has 0 saturated carbocycles. The lowest BCUT2D eigenvalue weighted by Crippen LogP contribution is -2.53. The predicted molar refractivity (Wildman–Crippen MR) is 78.6 cm³/mol. The Morgan fingerprint density at radius 1 is 1.35 bits per heavy atom. The van der Waals surface area contributed by atoms with Gasteiger partial charge in [-0.1, -0.05) is 26.7 Å². The number of aliphatic carboxylic acids is 1. The molecule has 0 aromatic heterocycles. The zero-order valence-electron chi connectivity index (χ0n) is 13.1. The maximum Gasteiger partial charge on any atom is 0.317 e. The Morgan fingerprint density at radius 3 is 2.45 bits per heavy atom. The Balaban J connectivity index is 2.61. The third kappa shape index (κ3) is 3.87. The molecule has 0 aromatic rings. The number of urea groups is 1. The fraction of sp³-hybridized carbons (Fsp3) is 0.867. The fourth-order valence-corrected chi connectivity index (χ4v) is 2.99. The maximum atomic E-state index is 12.3. The van der Waals surface area contributed by atoms with Crippen LogP contribution in [0.5, 0.6) is 0 Å². The van der Waals surface area contributed by atoms with Gasteiger partial charge in [0.15, 0.2) is 0 Å². The van der Waals surface area contributed by atoms with E-state index in [-0.39, 0.29) is 12.1 Å². The van der Waals surface area contributed by atoms with Crippen molar-refractivity contribution in [2.45, 2.75) is 59.4 Å².